The largest absolute Gasteiger partial charge is 0.476 e. The van der Waals surface area contributed by atoms with Crippen molar-refractivity contribution in [1.82, 2.24) is 23.9 Å². The average molecular weight is 401 g/mol. The summed E-state index contributed by atoms with van der Waals surface area (Å²) in [5.74, 6) is -1.13. The van der Waals surface area contributed by atoms with E-state index in [9.17, 15) is 13.2 Å². The van der Waals surface area contributed by atoms with Crippen LogP contribution < -0.4 is 0 Å². The highest BCUT2D eigenvalue weighted by molar-refractivity contribution is 7.89. The molecule has 10 heteroatoms. The van der Waals surface area contributed by atoms with Gasteiger partial charge in [0.25, 0.3) is 0 Å². The Labute approximate surface area is 161 Å². The van der Waals surface area contributed by atoms with Crippen LogP contribution in [0.25, 0.3) is 5.69 Å². The van der Waals surface area contributed by atoms with Crippen molar-refractivity contribution in [2.75, 3.05) is 13.1 Å². The molecule has 1 saturated heterocycles. The van der Waals surface area contributed by atoms with E-state index in [2.05, 4.69) is 10.3 Å². The Balaban J connectivity index is 1.45. The van der Waals surface area contributed by atoms with Crippen molar-refractivity contribution >= 4 is 16.0 Å². The fourth-order valence-corrected chi connectivity index (χ4v) is 4.82. The van der Waals surface area contributed by atoms with Gasteiger partial charge in [-0.3, -0.25) is 0 Å². The number of carbonyl (C=O) groups is 1. The molecule has 0 atom stereocenters. The van der Waals surface area contributed by atoms with Crippen LogP contribution >= 0.6 is 0 Å². The van der Waals surface area contributed by atoms with E-state index < -0.39 is 16.0 Å². The van der Waals surface area contributed by atoms with Gasteiger partial charge in [-0.1, -0.05) is 5.21 Å². The lowest BCUT2D eigenvalue weighted by Crippen LogP contribution is -2.39. The predicted octanol–water partition coefficient (Wildman–Crippen LogP) is 1.79. The standard InChI is InChI=1S/C18H19N5O4S/c24-18(25)17-13-23(20-19-17)15-7-11-22(12-8-15)28(26,27)16-5-3-14(4-6-16)21-9-1-2-10-21/h1-6,9-10,13,15H,7-8,11-12H2,(H,24,25). The van der Waals surface area contributed by atoms with Gasteiger partial charge >= 0.3 is 5.97 Å². The molecule has 28 heavy (non-hydrogen) atoms. The Hall–Kier alpha value is -2.98. The topological polar surface area (TPSA) is 110 Å². The molecule has 3 aromatic rings. The first kappa shape index (κ1) is 18.4. The summed E-state index contributed by atoms with van der Waals surface area (Å²) in [4.78, 5) is 11.2. The average Bonchev–Trinajstić information content (AvgIpc) is 3.40. The molecule has 0 amide bonds. The van der Waals surface area contributed by atoms with Gasteiger partial charge in [-0.2, -0.15) is 4.31 Å². The summed E-state index contributed by atoms with van der Waals surface area (Å²) in [5.41, 5.74) is 0.779. The number of rotatable bonds is 5. The molecular formula is C18H19N5O4S. The maximum absolute atomic E-state index is 12.9. The van der Waals surface area contributed by atoms with Gasteiger partial charge in [0.15, 0.2) is 5.69 Å². The van der Waals surface area contributed by atoms with Crippen molar-refractivity contribution in [2.24, 2.45) is 0 Å². The van der Waals surface area contributed by atoms with Gasteiger partial charge in [-0.15, -0.1) is 5.10 Å². The maximum Gasteiger partial charge on any atom is 0.358 e. The number of aromatic carboxylic acids is 1. The van der Waals surface area contributed by atoms with Gasteiger partial charge in [-0.05, 0) is 49.2 Å². The number of sulfonamides is 1. The minimum absolute atomic E-state index is 0.0665. The van der Waals surface area contributed by atoms with Crippen LogP contribution in [0.4, 0.5) is 0 Å². The highest BCUT2D eigenvalue weighted by Gasteiger charge is 2.30. The molecule has 0 bridgehead atoms. The fraction of sp³-hybridized carbons (Fsp3) is 0.278. The van der Waals surface area contributed by atoms with Gasteiger partial charge in [0.05, 0.1) is 17.1 Å². The maximum atomic E-state index is 12.9. The molecule has 146 valence electrons. The normalized spacial score (nSPS) is 16.3. The number of hydrogen-bond donors (Lipinski definition) is 1. The molecular weight excluding hydrogens is 382 g/mol. The van der Waals surface area contributed by atoms with Crippen molar-refractivity contribution < 1.29 is 18.3 Å². The van der Waals surface area contributed by atoms with Crippen molar-refractivity contribution in [3.05, 3.63) is 60.7 Å². The zero-order valence-corrected chi connectivity index (χ0v) is 15.7. The van der Waals surface area contributed by atoms with Crippen LogP contribution in [0.1, 0.15) is 29.4 Å². The van der Waals surface area contributed by atoms with Crippen LogP contribution in [0.3, 0.4) is 0 Å². The highest BCUT2D eigenvalue weighted by Crippen LogP contribution is 2.27. The summed E-state index contributed by atoms with van der Waals surface area (Å²) in [7, 11) is -3.58. The summed E-state index contributed by atoms with van der Waals surface area (Å²) in [6.45, 7) is 0.684. The Bertz CT molecular complexity index is 1070. The number of carboxylic acid groups (broad SMARTS) is 1. The number of nitrogens with zero attached hydrogens (tertiary/aromatic N) is 5. The second-order valence-corrected chi connectivity index (χ2v) is 8.55. The molecule has 0 unspecified atom stereocenters. The lowest BCUT2D eigenvalue weighted by Gasteiger charge is -2.31. The van der Waals surface area contributed by atoms with Gasteiger partial charge in [0, 0.05) is 31.2 Å². The quantitative estimate of drug-likeness (QED) is 0.698. The molecule has 0 aliphatic carbocycles. The lowest BCUT2D eigenvalue weighted by molar-refractivity contribution is 0.0690. The summed E-state index contributed by atoms with van der Waals surface area (Å²) in [6.07, 6.45) is 6.27. The number of hydrogen-bond acceptors (Lipinski definition) is 5. The van der Waals surface area contributed by atoms with Gasteiger partial charge in [-0.25, -0.2) is 17.9 Å². The molecule has 2 aromatic heterocycles. The van der Waals surface area contributed by atoms with Crippen LogP contribution in [0.2, 0.25) is 0 Å². The zero-order chi connectivity index (χ0) is 19.7. The van der Waals surface area contributed by atoms with Crippen LogP contribution in [0, 0.1) is 0 Å². The smallest absolute Gasteiger partial charge is 0.358 e. The van der Waals surface area contributed by atoms with E-state index in [-0.39, 0.29) is 16.6 Å². The van der Waals surface area contributed by atoms with E-state index >= 15 is 0 Å². The third-order valence-electron chi connectivity index (χ3n) is 4.90. The molecule has 9 nitrogen and oxygen atoms in total. The Morgan fingerprint density at radius 2 is 1.71 bits per heavy atom. The van der Waals surface area contributed by atoms with Crippen molar-refractivity contribution in [1.29, 1.82) is 0 Å². The first-order chi connectivity index (χ1) is 13.4. The van der Waals surface area contributed by atoms with Crippen LogP contribution in [-0.4, -0.2) is 56.4 Å². The summed E-state index contributed by atoms with van der Waals surface area (Å²) in [5, 5.41) is 16.4. The minimum atomic E-state index is -3.58. The molecule has 1 aliphatic rings. The molecule has 0 spiro atoms. The summed E-state index contributed by atoms with van der Waals surface area (Å²) < 4.78 is 30.7. The van der Waals surface area contributed by atoms with E-state index in [1.807, 2.05) is 29.1 Å². The molecule has 1 N–H and O–H groups in total. The van der Waals surface area contributed by atoms with Gasteiger partial charge in [0.1, 0.15) is 0 Å². The molecule has 3 heterocycles. The molecule has 0 radical (unpaired) electrons. The van der Waals surface area contributed by atoms with E-state index in [1.165, 1.54) is 15.2 Å². The number of benzene rings is 1. The highest BCUT2D eigenvalue weighted by atomic mass is 32.2. The van der Waals surface area contributed by atoms with Crippen molar-refractivity contribution in [2.45, 2.75) is 23.8 Å². The minimum Gasteiger partial charge on any atom is -0.476 e. The third kappa shape index (κ3) is 3.43. The summed E-state index contributed by atoms with van der Waals surface area (Å²) >= 11 is 0. The molecule has 1 aliphatic heterocycles. The zero-order valence-electron chi connectivity index (χ0n) is 14.9. The van der Waals surface area contributed by atoms with E-state index in [1.54, 1.807) is 24.3 Å². The number of carboxylic acids is 1. The van der Waals surface area contributed by atoms with Crippen LogP contribution in [-0.2, 0) is 10.0 Å². The van der Waals surface area contributed by atoms with Crippen molar-refractivity contribution in [3.8, 4) is 5.69 Å². The Kier molecular flexibility index (Phi) is 4.73. The van der Waals surface area contributed by atoms with E-state index in [0.29, 0.717) is 25.9 Å². The molecule has 1 aromatic carbocycles. The predicted molar refractivity (Wildman–Crippen MR) is 99.8 cm³/mol. The monoisotopic (exact) mass is 401 g/mol. The lowest BCUT2D eigenvalue weighted by atomic mass is 10.1. The second-order valence-electron chi connectivity index (χ2n) is 6.61. The Morgan fingerprint density at radius 1 is 1.07 bits per heavy atom. The van der Waals surface area contributed by atoms with Crippen LogP contribution in [0.5, 0.6) is 0 Å². The molecule has 0 saturated carbocycles. The third-order valence-corrected chi connectivity index (χ3v) is 6.82. The molecule has 4 rings (SSSR count). The first-order valence-electron chi connectivity index (χ1n) is 8.84. The fourth-order valence-electron chi connectivity index (χ4n) is 3.35. The summed E-state index contributed by atoms with van der Waals surface area (Å²) in [6, 6.07) is 10.5. The van der Waals surface area contributed by atoms with E-state index in [0.717, 1.165) is 5.69 Å². The second kappa shape index (κ2) is 7.21. The van der Waals surface area contributed by atoms with Gasteiger partial charge in [0.2, 0.25) is 10.0 Å². The number of piperidine rings is 1. The van der Waals surface area contributed by atoms with Crippen molar-refractivity contribution in [3.63, 3.8) is 0 Å². The Morgan fingerprint density at radius 3 is 2.29 bits per heavy atom. The van der Waals surface area contributed by atoms with E-state index in [4.69, 9.17) is 5.11 Å². The number of aromatic nitrogens is 4. The van der Waals surface area contributed by atoms with Crippen LogP contribution in [0.15, 0.2) is 59.9 Å². The molecule has 1 fully saturated rings. The first-order valence-corrected chi connectivity index (χ1v) is 10.3. The SMILES string of the molecule is O=C(O)c1cn(C2CCN(S(=O)(=O)c3ccc(-n4cccc4)cc3)CC2)nn1. The van der Waals surface area contributed by atoms with Gasteiger partial charge < -0.3 is 9.67 Å².